The predicted molar refractivity (Wildman–Crippen MR) is 224 cm³/mol. The largest absolute Gasteiger partial charge is 0.490 e. The zero-order chi connectivity index (χ0) is 44.0. The number of likely N-dealkylation sites (tertiary alicyclic amines) is 2. The summed E-state index contributed by atoms with van der Waals surface area (Å²) in [6.07, 6.45) is -7.74. The van der Waals surface area contributed by atoms with Gasteiger partial charge in [-0.15, -0.1) is 0 Å². The molecule has 0 unspecified atom stereocenters. The van der Waals surface area contributed by atoms with E-state index in [1.807, 2.05) is 89.8 Å². The van der Waals surface area contributed by atoms with Crippen LogP contribution in [0.1, 0.15) is 73.4 Å². The average Bonchev–Trinajstić information content (AvgIpc) is 3.27. The van der Waals surface area contributed by atoms with Crippen LogP contribution in [0, 0.1) is 5.92 Å². The maximum atomic E-state index is 13.3. The molecule has 2 heterocycles. The molecule has 0 aromatic heterocycles. The van der Waals surface area contributed by atoms with E-state index in [2.05, 4.69) is 21.2 Å². The number of nitrogens with one attached hydrogen (secondary N) is 1. The molecular formula is C47H42BrF6N3O5. The van der Waals surface area contributed by atoms with Crippen molar-refractivity contribution in [1.29, 1.82) is 0 Å². The molecule has 0 radical (unpaired) electrons. The molecule has 3 amide bonds. The molecule has 0 spiro atoms. The van der Waals surface area contributed by atoms with Gasteiger partial charge >= 0.3 is 12.4 Å². The third-order valence-electron chi connectivity index (χ3n) is 11.1. The highest BCUT2D eigenvalue weighted by atomic mass is 79.9. The second-order valence-electron chi connectivity index (χ2n) is 15.4. The number of carbonyl (C=O) groups is 3. The fourth-order valence-electron chi connectivity index (χ4n) is 7.47. The smallest absolute Gasteiger partial charge is 0.416 e. The van der Waals surface area contributed by atoms with Crippen LogP contribution in [0.4, 0.5) is 26.3 Å². The Hall–Kier alpha value is -5.83. The Bertz CT molecular complexity index is 2310. The van der Waals surface area contributed by atoms with Crippen LogP contribution in [-0.4, -0.2) is 66.3 Å². The van der Waals surface area contributed by atoms with Gasteiger partial charge in [0.1, 0.15) is 24.2 Å². The van der Waals surface area contributed by atoms with Crippen LogP contribution in [0.15, 0.2) is 120 Å². The lowest BCUT2D eigenvalue weighted by atomic mass is 9.95. The number of rotatable bonds is 11. The second-order valence-corrected chi connectivity index (χ2v) is 16.3. The Morgan fingerprint density at radius 1 is 0.597 bits per heavy atom. The summed E-state index contributed by atoms with van der Waals surface area (Å²) in [5.74, 6) is 0.252. The molecule has 8 nitrogen and oxygen atoms in total. The summed E-state index contributed by atoms with van der Waals surface area (Å²) in [7, 11) is 0. The van der Waals surface area contributed by atoms with Gasteiger partial charge < -0.3 is 24.6 Å². The van der Waals surface area contributed by atoms with Gasteiger partial charge in [0.05, 0.1) is 11.1 Å². The van der Waals surface area contributed by atoms with Crippen molar-refractivity contribution < 1.29 is 50.2 Å². The van der Waals surface area contributed by atoms with Gasteiger partial charge in [0.15, 0.2) is 0 Å². The lowest BCUT2D eigenvalue weighted by Gasteiger charge is -2.32. The molecule has 2 saturated heterocycles. The Labute approximate surface area is 362 Å². The van der Waals surface area contributed by atoms with Gasteiger partial charge in [0.2, 0.25) is 0 Å². The van der Waals surface area contributed by atoms with Crippen molar-refractivity contribution in [3.8, 4) is 22.6 Å². The first-order valence-corrected chi connectivity index (χ1v) is 20.9. The number of nitrogens with zero attached hydrogens (tertiary/aromatic N) is 2. The van der Waals surface area contributed by atoms with E-state index in [1.54, 1.807) is 12.1 Å². The number of benzene rings is 5. The van der Waals surface area contributed by atoms with Gasteiger partial charge in [-0.2, -0.15) is 26.3 Å². The van der Waals surface area contributed by atoms with Crippen LogP contribution in [0.2, 0.25) is 0 Å². The Kier molecular flexibility index (Phi) is 13.6. The number of carbonyl (C=O) groups excluding carboxylic acids is 3. The molecule has 0 saturated carbocycles. The molecule has 62 heavy (non-hydrogen) atoms. The van der Waals surface area contributed by atoms with E-state index < -0.39 is 35.0 Å². The summed E-state index contributed by atoms with van der Waals surface area (Å²) in [4.78, 5) is 41.8. The van der Waals surface area contributed by atoms with E-state index in [-0.39, 0.29) is 43.0 Å². The Morgan fingerprint density at radius 2 is 1.08 bits per heavy atom. The molecule has 0 bridgehead atoms. The minimum Gasteiger partial charge on any atom is -0.490 e. The fraction of sp³-hybridized carbons (Fsp3) is 0.298. The third-order valence-corrected chi connectivity index (χ3v) is 11.6. The summed E-state index contributed by atoms with van der Waals surface area (Å²) >= 11 is 3.40. The normalized spacial score (nSPS) is 15.3. The summed E-state index contributed by atoms with van der Waals surface area (Å²) < 4.78 is 93.0. The lowest BCUT2D eigenvalue weighted by Crippen LogP contribution is -2.41. The number of ether oxygens (including phenoxy) is 2. The minimum absolute atomic E-state index is 0.00267. The highest BCUT2D eigenvalue weighted by Crippen LogP contribution is 2.37. The van der Waals surface area contributed by atoms with Crippen LogP contribution < -0.4 is 14.8 Å². The molecule has 0 atom stereocenters. The summed E-state index contributed by atoms with van der Waals surface area (Å²) in [5, 5.41) is 2.89. The molecular weight excluding hydrogens is 880 g/mol. The van der Waals surface area contributed by atoms with Gasteiger partial charge in [0, 0.05) is 66.7 Å². The van der Waals surface area contributed by atoms with Crippen molar-refractivity contribution in [3.05, 3.63) is 153 Å². The van der Waals surface area contributed by atoms with Crippen molar-refractivity contribution in [1.82, 2.24) is 15.1 Å². The predicted octanol–water partition coefficient (Wildman–Crippen LogP) is 10.7. The van der Waals surface area contributed by atoms with Crippen molar-refractivity contribution in [3.63, 3.8) is 0 Å². The topological polar surface area (TPSA) is 88.2 Å². The minimum atomic E-state index is -5.05. The van der Waals surface area contributed by atoms with Crippen molar-refractivity contribution >= 4 is 33.7 Å². The monoisotopic (exact) mass is 921 g/mol. The summed E-state index contributed by atoms with van der Waals surface area (Å²) in [5.41, 5.74) is 0.168. The van der Waals surface area contributed by atoms with Gasteiger partial charge in [-0.3, -0.25) is 14.4 Å². The Morgan fingerprint density at radius 3 is 1.63 bits per heavy atom. The zero-order valence-electron chi connectivity index (χ0n) is 33.3. The average molecular weight is 923 g/mol. The SMILES string of the molecule is O=C(NCC1CCN(C(=O)c2cc(C(F)(F)F)cc(C(F)(F)F)c2)CC1)c1ccc(-c2ccc(OCc3ccc(OC4CCN(C(=O)c5ccc(Br)cc5)CC4)cc3)cc2)cc1. The first-order chi connectivity index (χ1) is 29.6. The number of alkyl halides is 6. The van der Waals surface area contributed by atoms with Crippen LogP contribution in [0.5, 0.6) is 11.5 Å². The number of halogens is 7. The van der Waals surface area contributed by atoms with Crippen LogP contribution in [0.25, 0.3) is 11.1 Å². The lowest BCUT2D eigenvalue weighted by molar-refractivity contribution is -0.143. The molecule has 5 aromatic carbocycles. The first kappa shape index (κ1) is 44.2. The standard InChI is InChI=1S/C47H42BrF6N3O5/c48-39-11-7-35(8-12-39)44(59)57-23-19-42(20-24-57)62-41-13-1-31(2-14-41)29-61-40-15-9-33(10-16-40)32-3-5-34(6-4-32)43(58)55-28-30-17-21-56(22-18-30)45(60)36-25-37(46(49,50)51)27-38(26-36)47(52,53)54/h1-16,25-27,30,42H,17-24,28-29H2,(H,55,58). The van der Waals surface area contributed by atoms with Crippen LogP contribution in [-0.2, 0) is 19.0 Å². The van der Waals surface area contributed by atoms with Gasteiger partial charge in [-0.1, -0.05) is 52.3 Å². The first-order valence-electron chi connectivity index (χ1n) is 20.1. The number of piperidine rings is 2. The molecule has 7 rings (SSSR count). The maximum Gasteiger partial charge on any atom is 0.416 e. The molecule has 15 heteroatoms. The molecule has 324 valence electrons. The van der Waals surface area contributed by atoms with Gasteiger partial charge in [0.25, 0.3) is 17.7 Å². The highest BCUT2D eigenvalue weighted by molar-refractivity contribution is 9.10. The quantitative estimate of drug-likeness (QED) is 0.133. The molecule has 2 fully saturated rings. The summed E-state index contributed by atoms with van der Waals surface area (Å²) in [6, 6.07) is 30.8. The number of hydrogen-bond acceptors (Lipinski definition) is 5. The molecule has 5 aromatic rings. The van der Waals surface area contributed by atoms with Gasteiger partial charge in [-0.05, 0) is 114 Å². The summed E-state index contributed by atoms with van der Waals surface area (Å²) in [6.45, 7) is 2.18. The third kappa shape index (κ3) is 11.3. The zero-order valence-corrected chi connectivity index (χ0v) is 34.9. The van der Waals surface area contributed by atoms with Crippen molar-refractivity contribution in [2.24, 2.45) is 5.92 Å². The van der Waals surface area contributed by atoms with Crippen molar-refractivity contribution in [2.45, 2.75) is 50.7 Å². The highest BCUT2D eigenvalue weighted by Gasteiger charge is 2.38. The number of hydrogen-bond donors (Lipinski definition) is 1. The van der Waals surface area contributed by atoms with E-state index >= 15 is 0 Å². The van der Waals surface area contributed by atoms with Crippen molar-refractivity contribution in [2.75, 3.05) is 32.7 Å². The van der Waals surface area contributed by atoms with E-state index in [1.165, 1.54) is 4.90 Å². The van der Waals surface area contributed by atoms with E-state index in [9.17, 15) is 40.7 Å². The van der Waals surface area contributed by atoms with E-state index in [0.29, 0.717) is 68.1 Å². The van der Waals surface area contributed by atoms with E-state index in [4.69, 9.17) is 9.47 Å². The van der Waals surface area contributed by atoms with Crippen LogP contribution >= 0.6 is 15.9 Å². The molecule has 0 aliphatic carbocycles. The van der Waals surface area contributed by atoms with E-state index in [0.717, 1.165) is 39.8 Å². The Balaban J connectivity index is 0.821. The van der Waals surface area contributed by atoms with Crippen LogP contribution in [0.3, 0.4) is 0 Å². The fourth-order valence-corrected chi connectivity index (χ4v) is 7.74. The molecule has 1 N–H and O–H groups in total. The number of amides is 3. The maximum absolute atomic E-state index is 13.3. The second kappa shape index (κ2) is 19.1. The van der Waals surface area contributed by atoms with Gasteiger partial charge in [-0.25, -0.2) is 0 Å². The molecule has 2 aliphatic rings. The molecule has 2 aliphatic heterocycles.